The topological polar surface area (TPSA) is 156 Å². The number of hydrogen-bond donors (Lipinski definition) is 3. The summed E-state index contributed by atoms with van der Waals surface area (Å²) < 4.78 is 49.5. The summed E-state index contributed by atoms with van der Waals surface area (Å²) in [6.07, 6.45) is 2.66. The maximum atomic E-state index is 14.1. The molecule has 45 heavy (non-hydrogen) atoms. The first kappa shape index (κ1) is 34.1. The fraction of sp³-hybridized carbons (Fsp3) is 0.548. The number of nitrogens with one attached hydrogen (secondary N) is 2. The van der Waals surface area contributed by atoms with Gasteiger partial charge in [-0.1, -0.05) is 6.92 Å². The Morgan fingerprint density at radius 3 is 2.53 bits per heavy atom. The molecule has 0 saturated carbocycles. The van der Waals surface area contributed by atoms with Crippen LogP contribution in [0, 0.1) is 5.92 Å². The molecule has 4 atom stereocenters. The van der Waals surface area contributed by atoms with E-state index in [4.69, 9.17) is 18.9 Å². The lowest BCUT2D eigenvalue weighted by Crippen LogP contribution is -2.48. The van der Waals surface area contributed by atoms with Crippen molar-refractivity contribution < 1.29 is 42.1 Å². The molecule has 2 aromatic rings. The van der Waals surface area contributed by atoms with Crippen LogP contribution in [0.1, 0.15) is 50.4 Å². The highest BCUT2D eigenvalue weighted by Gasteiger charge is 2.31. The number of aliphatic hydroxyl groups excluding tert-OH is 1. The molecular weight excluding hydrogens is 604 g/mol. The summed E-state index contributed by atoms with van der Waals surface area (Å²) in [7, 11) is -1.92. The molecule has 13 nitrogen and oxygen atoms in total. The number of amides is 3. The van der Waals surface area contributed by atoms with Crippen molar-refractivity contribution in [1.29, 1.82) is 0 Å². The Hall–Kier alpha value is -3.75. The molecule has 2 aromatic carbocycles. The number of fused-ring (bicyclic) bond motifs is 2. The van der Waals surface area contributed by atoms with Crippen molar-refractivity contribution in [2.45, 2.75) is 58.3 Å². The van der Waals surface area contributed by atoms with Crippen LogP contribution >= 0.6 is 0 Å². The maximum absolute atomic E-state index is 14.1. The van der Waals surface area contributed by atoms with E-state index in [2.05, 4.69) is 10.0 Å². The summed E-state index contributed by atoms with van der Waals surface area (Å²) in [6, 6.07) is 8.87. The molecule has 0 aromatic heterocycles. The van der Waals surface area contributed by atoms with Crippen molar-refractivity contribution in [2.24, 2.45) is 5.92 Å². The Bertz CT molecular complexity index is 1450. The smallest absolute Gasteiger partial charge is 0.321 e. The van der Waals surface area contributed by atoms with Crippen LogP contribution in [-0.4, -0.2) is 99.9 Å². The predicted molar refractivity (Wildman–Crippen MR) is 170 cm³/mol. The van der Waals surface area contributed by atoms with Crippen molar-refractivity contribution >= 4 is 33.3 Å². The zero-order chi connectivity index (χ0) is 32.7. The number of nitrogens with zero attached hydrogens (tertiary/aromatic N) is 2. The van der Waals surface area contributed by atoms with Gasteiger partial charge in [-0.05, 0) is 63.4 Å². The molecule has 0 aliphatic carbocycles. The molecule has 0 radical (unpaired) electrons. The summed E-state index contributed by atoms with van der Waals surface area (Å²) in [5.74, 6) is 0.826. The number of rotatable bonds is 7. The summed E-state index contributed by atoms with van der Waals surface area (Å²) in [6.45, 7) is 6.31. The average Bonchev–Trinajstić information content (AvgIpc) is 3.45. The molecule has 3 N–H and O–H groups in total. The molecular formula is C31H44N4O9S. The highest BCUT2D eigenvalue weighted by atomic mass is 32.2. The van der Waals surface area contributed by atoms with Gasteiger partial charge in [-0.2, -0.15) is 0 Å². The summed E-state index contributed by atoms with van der Waals surface area (Å²) >= 11 is 0. The second-order valence-electron chi connectivity index (χ2n) is 11.8. The van der Waals surface area contributed by atoms with Crippen LogP contribution in [0.2, 0.25) is 0 Å². The number of sulfonamides is 1. The molecule has 2 heterocycles. The zero-order valence-electron chi connectivity index (χ0n) is 26.4. The van der Waals surface area contributed by atoms with Gasteiger partial charge < -0.3 is 39.2 Å². The van der Waals surface area contributed by atoms with Crippen LogP contribution in [-0.2, 0) is 14.8 Å². The molecule has 2 aliphatic heterocycles. The van der Waals surface area contributed by atoms with Gasteiger partial charge in [0.1, 0.15) is 5.75 Å². The van der Waals surface area contributed by atoms with Crippen molar-refractivity contribution in [1.82, 2.24) is 9.80 Å². The quantitative estimate of drug-likeness (QED) is 0.407. The predicted octanol–water partition coefficient (Wildman–Crippen LogP) is 3.75. The fourth-order valence-corrected chi connectivity index (χ4v) is 5.76. The van der Waals surface area contributed by atoms with E-state index in [0.29, 0.717) is 36.0 Å². The lowest BCUT2D eigenvalue weighted by atomic mass is 10.0. The number of carbonyl (C=O) groups excluding carboxylic acids is 2. The Morgan fingerprint density at radius 1 is 1.09 bits per heavy atom. The van der Waals surface area contributed by atoms with E-state index in [1.165, 1.54) is 15.9 Å². The zero-order valence-corrected chi connectivity index (χ0v) is 27.3. The van der Waals surface area contributed by atoms with Crippen molar-refractivity contribution in [3.63, 3.8) is 0 Å². The van der Waals surface area contributed by atoms with Gasteiger partial charge in [-0.3, -0.25) is 9.52 Å². The number of hydrogen-bond acceptors (Lipinski definition) is 9. The third-order valence-corrected chi connectivity index (χ3v) is 8.39. The van der Waals surface area contributed by atoms with E-state index in [1.807, 2.05) is 13.8 Å². The second-order valence-corrected chi connectivity index (χ2v) is 13.5. The van der Waals surface area contributed by atoms with Gasteiger partial charge in [-0.25, -0.2) is 13.2 Å². The average molecular weight is 649 g/mol. The summed E-state index contributed by atoms with van der Waals surface area (Å²) in [5.41, 5.74) is 0.963. The first-order chi connectivity index (χ1) is 21.3. The molecule has 0 saturated heterocycles. The number of urea groups is 1. The molecule has 3 amide bonds. The van der Waals surface area contributed by atoms with E-state index in [1.54, 1.807) is 44.3 Å². The van der Waals surface area contributed by atoms with Crippen LogP contribution in [0.4, 0.5) is 16.2 Å². The van der Waals surface area contributed by atoms with Gasteiger partial charge >= 0.3 is 6.03 Å². The Morgan fingerprint density at radius 2 is 1.80 bits per heavy atom. The Labute approximate surface area is 264 Å². The number of benzene rings is 2. The number of aliphatic hydroxyl groups is 1. The van der Waals surface area contributed by atoms with Crippen molar-refractivity contribution in [3.8, 4) is 17.2 Å². The summed E-state index contributed by atoms with van der Waals surface area (Å²) in [5, 5.41) is 13.0. The Balaban J connectivity index is 1.57. The van der Waals surface area contributed by atoms with E-state index in [0.717, 1.165) is 19.1 Å². The molecule has 248 valence electrons. The lowest BCUT2D eigenvalue weighted by molar-refractivity contribution is -0.0115. The van der Waals surface area contributed by atoms with Crippen LogP contribution in [0.3, 0.4) is 0 Å². The SMILES string of the molecule is C[C@@H]1CN([C@@H](C)CO)C(=O)c2cc(NS(C)(=O)=O)ccc2O[C@@H](C)CCCCO[C@@H]1CN(C)C(=O)Nc1ccc2c(c1)OCO2. The van der Waals surface area contributed by atoms with E-state index < -0.39 is 28.1 Å². The van der Waals surface area contributed by atoms with Gasteiger partial charge in [0.15, 0.2) is 11.5 Å². The number of ether oxygens (including phenoxy) is 4. The van der Waals surface area contributed by atoms with Crippen LogP contribution in [0.15, 0.2) is 36.4 Å². The monoisotopic (exact) mass is 648 g/mol. The molecule has 0 fully saturated rings. The maximum Gasteiger partial charge on any atom is 0.321 e. The highest BCUT2D eigenvalue weighted by molar-refractivity contribution is 7.92. The van der Waals surface area contributed by atoms with Crippen LogP contribution < -0.4 is 24.2 Å². The molecule has 0 spiro atoms. The first-order valence-corrected chi connectivity index (χ1v) is 17.0. The normalized spacial score (nSPS) is 21.6. The molecule has 0 unspecified atom stereocenters. The van der Waals surface area contributed by atoms with Gasteiger partial charge in [0.05, 0.1) is 36.7 Å². The molecule has 14 heteroatoms. The van der Waals surface area contributed by atoms with Crippen molar-refractivity contribution in [3.05, 3.63) is 42.0 Å². The third-order valence-electron chi connectivity index (χ3n) is 7.78. The molecule has 2 aliphatic rings. The standard InChI is InChI=1S/C31H44N4O9S/c1-20-16-35(21(2)18-36)30(37)25-14-24(33-45(5,39)40)10-11-26(25)44-22(3)8-6-7-13-41-29(20)17-34(4)31(38)32-23-9-12-27-28(15-23)43-19-42-27/h9-12,14-15,20-22,29,33,36H,6-8,13,16-19H2,1-5H3,(H,32,38)/t20-,21+,22+,29-/m1/s1. The van der Waals surface area contributed by atoms with Gasteiger partial charge in [0.2, 0.25) is 16.8 Å². The number of likely N-dealkylation sites (N-methyl/N-ethyl adjacent to an activating group) is 1. The van der Waals surface area contributed by atoms with Crippen LogP contribution in [0.5, 0.6) is 17.2 Å². The minimum Gasteiger partial charge on any atom is -0.490 e. The highest BCUT2D eigenvalue weighted by Crippen LogP contribution is 2.34. The first-order valence-electron chi connectivity index (χ1n) is 15.1. The van der Waals surface area contributed by atoms with Gasteiger partial charge in [0.25, 0.3) is 5.91 Å². The molecule has 4 rings (SSSR count). The second kappa shape index (κ2) is 15.0. The van der Waals surface area contributed by atoms with E-state index in [-0.39, 0.29) is 55.8 Å². The third kappa shape index (κ3) is 9.38. The lowest BCUT2D eigenvalue weighted by Gasteiger charge is -2.35. The summed E-state index contributed by atoms with van der Waals surface area (Å²) in [4.78, 5) is 30.3. The number of carbonyl (C=O) groups is 2. The van der Waals surface area contributed by atoms with Gasteiger partial charge in [-0.15, -0.1) is 0 Å². The number of anilines is 2. The minimum atomic E-state index is -3.59. The van der Waals surface area contributed by atoms with Crippen LogP contribution in [0.25, 0.3) is 0 Å². The Kier molecular flexibility index (Phi) is 11.4. The van der Waals surface area contributed by atoms with Crippen molar-refractivity contribution in [2.75, 3.05) is 56.4 Å². The van der Waals surface area contributed by atoms with E-state index >= 15 is 0 Å². The fourth-order valence-electron chi connectivity index (χ4n) is 5.21. The largest absolute Gasteiger partial charge is 0.490 e. The molecule has 0 bridgehead atoms. The van der Waals surface area contributed by atoms with Gasteiger partial charge in [0, 0.05) is 50.1 Å². The van der Waals surface area contributed by atoms with E-state index in [9.17, 15) is 23.1 Å². The minimum absolute atomic E-state index is 0.133.